The fourth-order valence-electron chi connectivity index (χ4n) is 2.67. The van der Waals surface area contributed by atoms with Crippen molar-refractivity contribution in [2.45, 2.75) is 37.5 Å². The highest BCUT2D eigenvalue weighted by Gasteiger charge is 2.44. The molecule has 104 valence electrons. The van der Waals surface area contributed by atoms with E-state index in [1.165, 1.54) is 0 Å². The van der Waals surface area contributed by atoms with Gasteiger partial charge in [-0.05, 0) is 18.9 Å². The van der Waals surface area contributed by atoms with E-state index in [1.807, 2.05) is 0 Å². The molecule has 1 aliphatic carbocycles. The zero-order chi connectivity index (χ0) is 14.2. The van der Waals surface area contributed by atoms with Crippen LogP contribution in [0.1, 0.15) is 37.7 Å². The van der Waals surface area contributed by atoms with E-state index < -0.39 is 40.2 Å². The van der Waals surface area contributed by atoms with Crippen LogP contribution in [0.2, 0.25) is 0 Å². The van der Waals surface area contributed by atoms with Gasteiger partial charge in [-0.1, -0.05) is 19.3 Å². The molecule has 0 aliphatic heterocycles. The Morgan fingerprint density at radius 2 is 1.58 bits per heavy atom. The molecule has 0 radical (unpaired) electrons. The van der Waals surface area contributed by atoms with E-state index in [2.05, 4.69) is 0 Å². The summed E-state index contributed by atoms with van der Waals surface area (Å²) in [5.74, 6) is -8.39. The zero-order valence-corrected chi connectivity index (χ0v) is 9.98. The number of halogens is 4. The first-order valence-electron chi connectivity index (χ1n) is 5.97. The van der Waals surface area contributed by atoms with Gasteiger partial charge in [-0.15, -0.1) is 0 Å². The van der Waals surface area contributed by atoms with Gasteiger partial charge < -0.3 is 5.11 Å². The van der Waals surface area contributed by atoms with Crippen molar-refractivity contribution in [2.24, 2.45) is 0 Å². The maximum absolute atomic E-state index is 13.8. The van der Waals surface area contributed by atoms with Crippen molar-refractivity contribution in [3.63, 3.8) is 0 Å². The van der Waals surface area contributed by atoms with Gasteiger partial charge in [-0.3, -0.25) is 4.79 Å². The zero-order valence-electron chi connectivity index (χ0n) is 9.98. The third kappa shape index (κ3) is 2.09. The molecule has 1 saturated carbocycles. The third-order valence-electron chi connectivity index (χ3n) is 3.73. The second-order valence-electron chi connectivity index (χ2n) is 4.80. The van der Waals surface area contributed by atoms with Gasteiger partial charge in [0.15, 0.2) is 23.3 Å². The van der Waals surface area contributed by atoms with Crippen LogP contribution < -0.4 is 0 Å². The Bertz CT molecular complexity index is 522. The Balaban J connectivity index is 2.64. The highest BCUT2D eigenvalue weighted by Crippen LogP contribution is 2.42. The van der Waals surface area contributed by atoms with Crippen molar-refractivity contribution < 1.29 is 27.5 Å². The number of benzene rings is 1. The maximum atomic E-state index is 13.8. The molecule has 2 nitrogen and oxygen atoms in total. The summed E-state index contributed by atoms with van der Waals surface area (Å²) >= 11 is 0. The summed E-state index contributed by atoms with van der Waals surface area (Å²) in [6, 6.07) is 0.465. The molecule has 1 aliphatic rings. The van der Waals surface area contributed by atoms with E-state index in [9.17, 15) is 27.5 Å². The van der Waals surface area contributed by atoms with Crippen LogP contribution in [-0.2, 0) is 10.2 Å². The predicted octanol–water partition coefficient (Wildman–Crippen LogP) is 3.53. The van der Waals surface area contributed by atoms with Gasteiger partial charge in [-0.25, -0.2) is 17.6 Å². The van der Waals surface area contributed by atoms with Crippen LogP contribution in [0, 0.1) is 23.3 Å². The summed E-state index contributed by atoms with van der Waals surface area (Å²) < 4.78 is 53.2. The number of rotatable bonds is 2. The second kappa shape index (κ2) is 4.83. The molecule has 0 bridgehead atoms. The van der Waals surface area contributed by atoms with Gasteiger partial charge in [-0.2, -0.15) is 0 Å². The SMILES string of the molecule is O=C(O)C1(c2cc(F)c(F)c(F)c2F)CCCCC1. The van der Waals surface area contributed by atoms with Gasteiger partial charge in [0.1, 0.15) is 0 Å². The molecule has 0 spiro atoms. The molecule has 1 fully saturated rings. The Kier molecular flexibility index (Phi) is 3.52. The molecular weight excluding hydrogens is 264 g/mol. The molecule has 0 heterocycles. The minimum Gasteiger partial charge on any atom is -0.481 e. The Morgan fingerprint density at radius 1 is 1.00 bits per heavy atom. The first-order chi connectivity index (χ1) is 8.90. The molecule has 1 aromatic rings. The maximum Gasteiger partial charge on any atom is 0.314 e. The lowest BCUT2D eigenvalue weighted by Crippen LogP contribution is -2.39. The van der Waals surface area contributed by atoms with Crippen molar-refractivity contribution >= 4 is 5.97 Å². The van der Waals surface area contributed by atoms with Gasteiger partial charge in [0, 0.05) is 5.56 Å². The minimum absolute atomic E-state index is 0.0871. The van der Waals surface area contributed by atoms with Crippen LogP contribution in [0.4, 0.5) is 17.6 Å². The summed E-state index contributed by atoms with van der Waals surface area (Å²) in [6.45, 7) is 0. The molecule has 1 aromatic carbocycles. The van der Waals surface area contributed by atoms with E-state index >= 15 is 0 Å². The van der Waals surface area contributed by atoms with Gasteiger partial charge >= 0.3 is 5.97 Å². The quantitative estimate of drug-likeness (QED) is 0.509. The number of hydrogen-bond acceptors (Lipinski definition) is 1. The Labute approximate surface area is 107 Å². The molecule has 19 heavy (non-hydrogen) atoms. The van der Waals surface area contributed by atoms with E-state index in [-0.39, 0.29) is 12.8 Å². The monoisotopic (exact) mass is 276 g/mol. The Hall–Kier alpha value is -1.59. The molecular formula is C13H12F4O2. The largest absolute Gasteiger partial charge is 0.481 e. The van der Waals surface area contributed by atoms with Crippen molar-refractivity contribution in [3.8, 4) is 0 Å². The molecule has 0 unspecified atom stereocenters. The molecule has 2 rings (SSSR count). The normalized spacial score (nSPS) is 18.3. The van der Waals surface area contributed by atoms with E-state index in [1.54, 1.807) is 0 Å². The van der Waals surface area contributed by atoms with E-state index in [4.69, 9.17) is 0 Å². The lowest BCUT2D eigenvalue weighted by Gasteiger charge is -2.33. The highest BCUT2D eigenvalue weighted by molar-refractivity contribution is 5.81. The number of carboxylic acids is 1. The van der Waals surface area contributed by atoms with Crippen molar-refractivity contribution in [2.75, 3.05) is 0 Å². The summed E-state index contributed by atoms with van der Waals surface area (Å²) in [7, 11) is 0. The number of carboxylic acid groups (broad SMARTS) is 1. The molecule has 0 saturated heterocycles. The van der Waals surface area contributed by atoms with Crippen LogP contribution in [0.15, 0.2) is 6.07 Å². The smallest absolute Gasteiger partial charge is 0.314 e. The van der Waals surface area contributed by atoms with Crippen molar-refractivity contribution in [3.05, 3.63) is 34.9 Å². The fraction of sp³-hybridized carbons (Fsp3) is 0.462. The summed E-state index contributed by atoms with van der Waals surface area (Å²) in [6.07, 6.45) is 2.00. The number of hydrogen-bond donors (Lipinski definition) is 1. The molecule has 0 atom stereocenters. The second-order valence-corrected chi connectivity index (χ2v) is 4.80. The van der Waals surface area contributed by atoms with E-state index in [0.29, 0.717) is 18.9 Å². The lowest BCUT2D eigenvalue weighted by atomic mass is 9.69. The van der Waals surface area contributed by atoms with Crippen molar-refractivity contribution in [1.82, 2.24) is 0 Å². The topological polar surface area (TPSA) is 37.3 Å². The summed E-state index contributed by atoms with van der Waals surface area (Å²) in [5.41, 5.74) is -2.27. The first-order valence-corrected chi connectivity index (χ1v) is 5.97. The van der Waals surface area contributed by atoms with Crippen LogP contribution in [0.3, 0.4) is 0 Å². The standard InChI is InChI=1S/C13H12F4O2/c14-8-6-7(9(15)11(17)10(8)16)13(12(18)19)4-2-1-3-5-13/h6H,1-5H2,(H,18,19). The molecule has 1 N–H and O–H groups in total. The van der Waals surface area contributed by atoms with Crippen LogP contribution in [-0.4, -0.2) is 11.1 Å². The molecule has 0 amide bonds. The van der Waals surface area contributed by atoms with Crippen LogP contribution in [0.5, 0.6) is 0 Å². The van der Waals surface area contributed by atoms with Crippen LogP contribution >= 0.6 is 0 Å². The number of carbonyl (C=O) groups is 1. The summed E-state index contributed by atoms with van der Waals surface area (Å²) in [5, 5.41) is 9.31. The van der Waals surface area contributed by atoms with Gasteiger partial charge in [0.05, 0.1) is 5.41 Å². The predicted molar refractivity (Wildman–Crippen MR) is 58.7 cm³/mol. The fourth-order valence-corrected chi connectivity index (χ4v) is 2.67. The van der Waals surface area contributed by atoms with Crippen LogP contribution in [0.25, 0.3) is 0 Å². The Morgan fingerprint density at radius 3 is 2.11 bits per heavy atom. The average molecular weight is 276 g/mol. The average Bonchev–Trinajstić information content (AvgIpc) is 2.41. The first kappa shape index (κ1) is 13.8. The highest BCUT2D eigenvalue weighted by atomic mass is 19.2. The summed E-state index contributed by atoms with van der Waals surface area (Å²) in [4.78, 5) is 11.4. The van der Waals surface area contributed by atoms with Gasteiger partial charge in [0.25, 0.3) is 0 Å². The minimum atomic E-state index is -1.96. The van der Waals surface area contributed by atoms with Gasteiger partial charge in [0.2, 0.25) is 0 Å². The third-order valence-corrected chi connectivity index (χ3v) is 3.73. The molecule has 6 heteroatoms. The van der Waals surface area contributed by atoms with Crippen molar-refractivity contribution in [1.29, 1.82) is 0 Å². The lowest BCUT2D eigenvalue weighted by molar-refractivity contribution is -0.145. The number of aliphatic carboxylic acids is 1. The van der Waals surface area contributed by atoms with E-state index in [0.717, 1.165) is 6.42 Å². The molecule has 0 aromatic heterocycles.